The van der Waals surface area contributed by atoms with Crippen LogP contribution >= 0.6 is 11.8 Å². The monoisotopic (exact) mass is 402 g/mol. The van der Waals surface area contributed by atoms with E-state index in [1.54, 1.807) is 11.8 Å². The Morgan fingerprint density at radius 1 is 1.25 bits per heavy atom. The lowest BCUT2D eigenvalue weighted by Gasteiger charge is -2.25. The van der Waals surface area contributed by atoms with Crippen LogP contribution in [0, 0.1) is 0 Å². The molecule has 28 heavy (non-hydrogen) atoms. The first kappa shape index (κ1) is 19.1. The third kappa shape index (κ3) is 4.11. The molecule has 0 unspecified atom stereocenters. The highest BCUT2D eigenvalue weighted by atomic mass is 32.2. The van der Waals surface area contributed by atoms with E-state index in [1.807, 2.05) is 30.5 Å². The molecule has 1 aromatic heterocycles. The molecular weight excluding hydrogens is 376 g/mol. The Kier molecular flexibility index (Phi) is 6.04. The lowest BCUT2D eigenvalue weighted by molar-refractivity contribution is -0.130. The molecular formula is C20H26N4O3S. The smallest absolute Gasteiger partial charge is 0.264 e. The fraction of sp³-hybridized carbons (Fsp3) is 0.550. The summed E-state index contributed by atoms with van der Waals surface area (Å²) in [6, 6.07) is 7.93. The fourth-order valence-corrected chi connectivity index (χ4v) is 4.44. The summed E-state index contributed by atoms with van der Waals surface area (Å²) in [6.45, 7) is 0.808. The van der Waals surface area contributed by atoms with Gasteiger partial charge in [-0.2, -0.15) is 0 Å². The van der Waals surface area contributed by atoms with Crippen LogP contribution in [0.2, 0.25) is 0 Å². The molecule has 1 saturated carbocycles. The van der Waals surface area contributed by atoms with Crippen molar-refractivity contribution < 1.29 is 14.3 Å². The lowest BCUT2D eigenvalue weighted by Crippen LogP contribution is -2.44. The maximum atomic E-state index is 12.4. The van der Waals surface area contributed by atoms with Crippen molar-refractivity contribution in [3.8, 4) is 11.5 Å². The van der Waals surface area contributed by atoms with Gasteiger partial charge in [0.25, 0.3) is 5.91 Å². The molecule has 150 valence electrons. The summed E-state index contributed by atoms with van der Waals surface area (Å²) in [7, 11) is 0. The highest BCUT2D eigenvalue weighted by Gasteiger charge is 2.27. The number of para-hydroxylation sites is 2. The molecule has 2 aliphatic rings. The van der Waals surface area contributed by atoms with Crippen molar-refractivity contribution in [1.29, 1.82) is 0 Å². The number of nitrogens with zero attached hydrogens (tertiary/aromatic N) is 3. The largest absolute Gasteiger partial charge is 0.485 e. The zero-order valence-electron chi connectivity index (χ0n) is 16.1. The number of carbonyl (C=O) groups is 1. The number of carbonyl (C=O) groups excluding carboxylic acids is 1. The Hall–Kier alpha value is -2.22. The molecule has 2 heterocycles. The van der Waals surface area contributed by atoms with E-state index in [0.717, 1.165) is 23.8 Å². The number of hydrogen-bond acceptors (Lipinski definition) is 6. The van der Waals surface area contributed by atoms with E-state index in [-0.39, 0.29) is 12.5 Å². The molecule has 0 bridgehead atoms. The summed E-state index contributed by atoms with van der Waals surface area (Å²) < 4.78 is 13.7. The highest BCUT2D eigenvalue weighted by Crippen LogP contribution is 2.33. The summed E-state index contributed by atoms with van der Waals surface area (Å²) in [5.74, 6) is 2.18. The minimum Gasteiger partial charge on any atom is -0.485 e. The molecule has 1 atom stereocenters. The maximum Gasteiger partial charge on any atom is 0.264 e. The van der Waals surface area contributed by atoms with Gasteiger partial charge in [0.15, 0.2) is 16.7 Å². The number of ether oxygens (including phenoxy) is 2. The van der Waals surface area contributed by atoms with Gasteiger partial charge < -0.3 is 19.4 Å². The summed E-state index contributed by atoms with van der Waals surface area (Å²) in [6.07, 6.45) is 8.01. The summed E-state index contributed by atoms with van der Waals surface area (Å²) in [4.78, 5) is 12.4. The number of fused-ring (bicyclic) bond motifs is 1. The molecule has 0 radical (unpaired) electrons. The van der Waals surface area contributed by atoms with Crippen LogP contribution in [-0.2, 0) is 11.2 Å². The Bertz CT molecular complexity index is 820. The van der Waals surface area contributed by atoms with E-state index in [4.69, 9.17) is 9.47 Å². The van der Waals surface area contributed by atoms with Crippen molar-refractivity contribution in [3.05, 3.63) is 30.1 Å². The standard InChI is InChI=1S/C20H26N4O3S/c1-28-20-23-22-18(24(20)14-7-2-3-8-14)11-6-12-21-19(25)17-13-26-15-9-4-5-10-16(15)27-17/h4-5,9-10,14,17H,2-3,6-8,11-13H2,1H3,(H,21,25)/t17-/m1/s1. The predicted octanol–water partition coefficient (Wildman–Crippen LogP) is 3.00. The predicted molar refractivity (Wildman–Crippen MR) is 107 cm³/mol. The van der Waals surface area contributed by atoms with E-state index < -0.39 is 6.10 Å². The lowest BCUT2D eigenvalue weighted by atomic mass is 10.2. The average Bonchev–Trinajstić information content (AvgIpc) is 3.39. The third-order valence-corrected chi connectivity index (χ3v) is 5.93. The molecule has 0 spiro atoms. The number of thioether (sulfide) groups is 1. The van der Waals surface area contributed by atoms with Gasteiger partial charge in [-0.25, -0.2) is 0 Å². The Labute approximate surface area is 169 Å². The normalized spacial score (nSPS) is 19.0. The topological polar surface area (TPSA) is 78.3 Å². The van der Waals surface area contributed by atoms with Gasteiger partial charge in [0, 0.05) is 19.0 Å². The number of hydrogen-bond donors (Lipinski definition) is 1. The second-order valence-corrected chi connectivity index (χ2v) is 7.94. The number of aryl methyl sites for hydroxylation is 1. The van der Waals surface area contributed by atoms with Gasteiger partial charge in [-0.1, -0.05) is 36.7 Å². The zero-order valence-corrected chi connectivity index (χ0v) is 16.9. The Morgan fingerprint density at radius 2 is 2.04 bits per heavy atom. The van der Waals surface area contributed by atoms with Crippen LogP contribution in [0.15, 0.2) is 29.4 Å². The van der Waals surface area contributed by atoms with Crippen molar-refractivity contribution in [2.75, 3.05) is 19.4 Å². The molecule has 1 aromatic carbocycles. The van der Waals surface area contributed by atoms with E-state index >= 15 is 0 Å². The number of rotatable bonds is 7. The van der Waals surface area contributed by atoms with Crippen molar-refractivity contribution in [2.45, 2.75) is 55.8 Å². The van der Waals surface area contributed by atoms with E-state index in [1.165, 1.54) is 25.7 Å². The van der Waals surface area contributed by atoms with Crippen molar-refractivity contribution >= 4 is 17.7 Å². The molecule has 8 heteroatoms. The van der Waals surface area contributed by atoms with Gasteiger partial charge in [0.2, 0.25) is 6.10 Å². The number of benzene rings is 1. The van der Waals surface area contributed by atoms with Crippen molar-refractivity contribution in [1.82, 2.24) is 20.1 Å². The first-order chi connectivity index (χ1) is 13.8. The summed E-state index contributed by atoms with van der Waals surface area (Å²) >= 11 is 1.65. The number of aromatic nitrogens is 3. The van der Waals surface area contributed by atoms with Gasteiger partial charge >= 0.3 is 0 Å². The third-order valence-electron chi connectivity index (χ3n) is 5.28. The van der Waals surface area contributed by atoms with Crippen LogP contribution in [0.4, 0.5) is 0 Å². The van der Waals surface area contributed by atoms with Crippen LogP contribution in [0.5, 0.6) is 11.5 Å². The van der Waals surface area contributed by atoms with Crippen molar-refractivity contribution in [3.63, 3.8) is 0 Å². The van der Waals surface area contributed by atoms with Crippen LogP contribution in [0.25, 0.3) is 0 Å². The highest BCUT2D eigenvalue weighted by molar-refractivity contribution is 7.98. The second-order valence-electron chi connectivity index (χ2n) is 7.17. The first-order valence-corrected chi connectivity index (χ1v) is 11.1. The van der Waals surface area contributed by atoms with Gasteiger partial charge in [-0.3, -0.25) is 4.79 Å². The first-order valence-electron chi connectivity index (χ1n) is 9.90. The minimum absolute atomic E-state index is 0.142. The van der Waals surface area contributed by atoms with Gasteiger partial charge in [-0.15, -0.1) is 10.2 Å². The van der Waals surface area contributed by atoms with Crippen LogP contribution in [0.1, 0.15) is 44.0 Å². The van der Waals surface area contributed by atoms with Crippen molar-refractivity contribution in [2.24, 2.45) is 0 Å². The molecule has 4 rings (SSSR count). The number of amides is 1. The number of nitrogens with one attached hydrogen (secondary N) is 1. The summed E-state index contributed by atoms with van der Waals surface area (Å²) in [5.41, 5.74) is 0. The minimum atomic E-state index is -0.611. The van der Waals surface area contributed by atoms with E-state index in [9.17, 15) is 4.79 Å². The van der Waals surface area contributed by atoms with Gasteiger partial charge in [-0.05, 0) is 37.7 Å². The van der Waals surface area contributed by atoms with Crippen LogP contribution < -0.4 is 14.8 Å². The zero-order chi connectivity index (χ0) is 19.3. The Balaban J connectivity index is 1.27. The Morgan fingerprint density at radius 3 is 2.82 bits per heavy atom. The molecule has 2 aromatic rings. The molecule has 1 aliphatic carbocycles. The molecule has 7 nitrogen and oxygen atoms in total. The quantitative estimate of drug-likeness (QED) is 0.567. The van der Waals surface area contributed by atoms with Gasteiger partial charge in [0.05, 0.1) is 0 Å². The van der Waals surface area contributed by atoms with Gasteiger partial charge in [0.1, 0.15) is 12.4 Å². The molecule has 1 fully saturated rings. The van der Waals surface area contributed by atoms with E-state index in [2.05, 4.69) is 20.1 Å². The van der Waals surface area contributed by atoms with E-state index in [0.29, 0.717) is 24.1 Å². The molecule has 0 saturated heterocycles. The molecule has 1 aliphatic heterocycles. The maximum absolute atomic E-state index is 12.4. The van der Waals surface area contributed by atoms with Crippen LogP contribution in [-0.4, -0.2) is 46.2 Å². The van der Waals surface area contributed by atoms with Crippen LogP contribution in [0.3, 0.4) is 0 Å². The average molecular weight is 403 g/mol. The molecule has 1 N–H and O–H groups in total. The molecule has 1 amide bonds. The fourth-order valence-electron chi connectivity index (χ4n) is 3.87. The SMILES string of the molecule is CSc1nnc(CCCNC(=O)[C@H]2COc3ccccc3O2)n1C1CCCC1. The second kappa shape index (κ2) is 8.86. The summed E-state index contributed by atoms with van der Waals surface area (Å²) in [5, 5.41) is 12.7.